The molecule has 0 bridgehead atoms. The molecule has 0 heterocycles. The number of rotatable bonds is 12. The van der Waals surface area contributed by atoms with Crippen molar-refractivity contribution in [3.05, 3.63) is 94.0 Å². The molecule has 3 rings (SSSR count). The zero-order valence-electron chi connectivity index (χ0n) is 23.1. The molecule has 0 fully saturated rings. The minimum Gasteiger partial charge on any atom is -0.352 e. The van der Waals surface area contributed by atoms with E-state index >= 15 is 0 Å². The summed E-state index contributed by atoms with van der Waals surface area (Å²) in [7, 11) is -4.18. The Morgan fingerprint density at radius 1 is 0.900 bits per heavy atom. The van der Waals surface area contributed by atoms with Crippen LogP contribution in [0.5, 0.6) is 0 Å². The maximum Gasteiger partial charge on any atom is 0.264 e. The number of hydrogen-bond acceptors (Lipinski definition) is 4. The van der Waals surface area contributed by atoms with Crippen LogP contribution in [0.25, 0.3) is 0 Å². The van der Waals surface area contributed by atoms with Gasteiger partial charge in [0.05, 0.1) is 20.6 Å². The molecule has 0 saturated heterocycles. The minimum absolute atomic E-state index is 0.0145. The minimum atomic E-state index is -4.18. The van der Waals surface area contributed by atoms with Crippen molar-refractivity contribution < 1.29 is 18.0 Å². The lowest BCUT2D eigenvalue weighted by atomic mass is 10.1. The van der Waals surface area contributed by atoms with Gasteiger partial charge >= 0.3 is 0 Å². The Hall–Kier alpha value is -3.07. The van der Waals surface area contributed by atoms with Crippen LogP contribution < -0.4 is 9.62 Å². The average Bonchev–Trinajstić information content (AvgIpc) is 2.93. The van der Waals surface area contributed by atoms with E-state index in [1.54, 1.807) is 18.2 Å². The van der Waals surface area contributed by atoms with Gasteiger partial charge in [0.1, 0.15) is 12.6 Å². The predicted octanol–water partition coefficient (Wildman–Crippen LogP) is 6.22. The molecular formula is C30H35Cl2N3O4S. The van der Waals surface area contributed by atoms with Crippen molar-refractivity contribution in [2.24, 2.45) is 0 Å². The van der Waals surface area contributed by atoms with Gasteiger partial charge in [0.2, 0.25) is 11.8 Å². The summed E-state index contributed by atoms with van der Waals surface area (Å²) < 4.78 is 28.7. The molecule has 2 atom stereocenters. The van der Waals surface area contributed by atoms with Crippen LogP contribution in [0, 0.1) is 6.92 Å². The Kier molecular flexibility index (Phi) is 11.0. The molecule has 214 valence electrons. The first-order valence-corrected chi connectivity index (χ1v) is 15.4. The number of nitrogens with one attached hydrogen (secondary N) is 1. The fraction of sp³-hybridized carbons (Fsp3) is 0.333. The Morgan fingerprint density at radius 2 is 1.60 bits per heavy atom. The topological polar surface area (TPSA) is 86.8 Å². The Labute approximate surface area is 247 Å². The molecule has 40 heavy (non-hydrogen) atoms. The molecule has 7 nitrogen and oxygen atoms in total. The maximum absolute atomic E-state index is 14.1. The number of anilines is 1. The number of amides is 2. The van der Waals surface area contributed by atoms with Crippen molar-refractivity contribution >= 4 is 50.7 Å². The van der Waals surface area contributed by atoms with Crippen molar-refractivity contribution in [1.29, 1.82) is 0 Å². The fourth-order valence-electron chi connectivity index (χ4n) is 4.26. The molecule has 0 unspecified atom stereocenters. The van der Waals surface area contributed by atoms with Gasteiger partial charge in [0.15, 0.2) is 0 Å². The summed E-state index contributed by atoms with van der Waals surface area (Å²) in [6.45, 7) is 7.22. The van der Waals surface area contributed by atoms with Gasteiger partial charge in [-0.15, -0.1) is 0 Å². The first-order chi connectivity index (χ1) is 19.0. The quantitative estimate of drug-likeness (QED) is 0.266. The molecule has 3 aromatic carbocycles. The lowest BCUT2D eigenvalue weighted by molar-refractivity contribution is -0.140. The molecule has 0 aliphatic carbocycles. The van der Waals surface area contributed by atoms with E-state index in [9.17, 15) is 18.0 Å². The van der Waals surface area contributed by atoms with E-state index in [1.807, 2.05) is 52.0 Å². The van der Waals surface area contributed by atoms with E-state index in [1.165, 1.54) is 35.2 Å². The molecule has 2 amide bonds. The summed E-state index contributed by atoms with van der Waals surface area (Å²) in [6, 6.07) is 19.0. The summed E-state index contributed by atoms with van der Waals surface area (Å²) >= 11 is 12.4. The van der Waals surface area contributed by atoms with E-state index in [0.29, 0.717) is 6.42 Å². The lowest BCUT2D eigenvalue weighted by Crippen LogP contribution is -2.53. The van der Waals surface area contributed by atoms with Gasteiger partial charge in [0.25, 0.3) is 10.0 Å². The highest BCUT2D eigenvalue weighted by Gasteiger charge is 2.34. The van der Waals surface area contributed by atoms with Crippen LogP contribution in [0.4, 0.5) is 5.69 Å². The normalized spacial score (nSPS) is 12.8. The molecule has 10 heteroatoms. The molecule has 0 saturated carbocycles. The Balaban J connectivity index is 2.07. The second kappa shape index (κ2) is 14.0. The van der Waals surface area contributed by atoms with Gasteiger partial charge < -0.3 is 10.2 Å². The average molecular weight is 605 g/mol. The smallest absolute Gasteiger partial charge is 0.264 e. The first-order valence-electron chi connectivity index (χ1n) is 13.2. The lowest BCUT2D eigenvalue weighted by Gasteiger charge is -2.34. The van der Waals surface area contributed by atoms with Crippen molar-refractivity contribution in [3.8, 4) is 0 Å². The van der Waals surface area contributed by atoms with Crippen molar-refractivity contribution in [2.45, 2.75) is 64.1 Å². The highest BCUT2D eigenvalue weighted by Crippen LogP contribution is 2.31. The molecule has 1 N–H and O–H groups in total. The molecule has 0 aliphatic heterocycles. The van der Waals surface area contributed by atoms with Gasteiger partial charge in [-0.25, -0.2) is 8.42 Å². The second-order valence-electron chi connectivity index (χ2n) is 9.68. The van der Waals surface area contributed by atoms with E-state index < -0.39 is 28.5 Å². The number of halogens is 2. The largest absolute Gasteiger partial charge is 0.352 e. The molecule has 0 aromatic heterocycles. The van der Waals surface area contributed by atoms with Crippen LogP contribution in [0.15, 0.2) is 77.7 Å². The number of sulfonamides is 1. The van der Waals surface area contributed by atoms with Crippen LogP contribution in [0.2, 0.25) is 10.0 Å². The summed E-state index contributed by atoms with van der Waals surface area (Å²) in [4.78, 5) is 28.9. The molecule has 0 spiro atoms. The van der Waals surface area contributed by atoms with E-state index in [0.717, 1.165) is 21.9 Å². The number of carbonyl (C=O) groups is 2. The SMILES string of the molecule is CC[C@H](C)NC(=O)[C@H](CC)N(Cc1cccc(C)c1)C(=O)CN(c1ccc(Cl)c(Cl)c1)S(=O)(=O)c1ccccc1. The van der Waals surface area contributed by atoms with Gasteiger partial charge in [-0.1, -0.05) is 85.1 Å². The summed E-state index contributed by atoms with van der Waals surface area (Å²) in [6.07, 6.45) is 1.08. The first kappa shape index (κ1) is 31.5. The summed E-state index contributed by atoms with van der Waals surface area (Å²) in [5.41, 5.74) is 2.01. The summed E-state index contributed by atoms with van der Waals surface area (Å²) in [5, 5.41) is 3.37. The van der Waals surface area contributed by atoms with E-state index in [-0.39, 0.29) is 39.1 Å². The van der Waals surface area contributed by atoms with E-state index in [2.05, 4.69) is 5.32 Å². The number of nitrogens with zero attached hydrogens (tertiary/aromatic N) is 2. The Morgan fingerprint density at radius 3 is 2.20 bits per heavy atom. The van der Waals surface area contributed by atoms with Crippen molar-refractivity contribution in [2.75, 3.05) is 10.8 Å². The number of hydrogen-bond donors (Lipinski definition) is 1. The number of carbonyl (C=O) groups excluding carboxylic acids is 2. The van der Waals surface area contributed by atoms with Crippen LogP contribution in [-0.4, -0.2) is 43.8 Å². The van der Waals surface area contributed by atoms with Crippen LogP contribution in [0.1, 0.15) is 44.7 Å². The maximum atomic E-state index is 14.1. The highest BCUT2D eigenvalue weighted by molar-refractivity contribution is 7.92. The van der Waals surface area contributed by atoms with Crippen LogP contribution in [0.3, 0.4) is 0 Å². The monoisotopic (exact) mass is 603 g/mol. The third-order valence-electron chi connectivity index (χ3n) is 6.62. The molecule has 0 aliphatic rings. The highest BCUT2D eigenvalue weighted by atomic mass is 35.5. The van der Waals surface area contributed by atoms with Crippen LogP contribution in [-0.2, 0) is 26.2 Å². The third kappa shape index (κ3) is 7.77. The molecule has 3 aromatic rings. The third-order valence-corrected chi connectivity index (χ3v) is 9.15. The van der Waals surface area contributed by atoms with Gasteiger partial charge in [-0.2, -0.15) is 0 Å². The van der Waals surface area contributed by atoms with Crippen molar-refractivity contribution in [1.82, 2.24) is 10.2 Å². The zero-order valence-corrected chi connectivity index (χ0v) is 25.4. The number of benzene rings is 3. The van der Waals surface area contributed by atoms with Crippen LogP contribution >= 0.6 is 23.2 Å². The molecule has 0 radical (unpaired) electrons. The van der Waals surface area contributed by atoms with E-state index in [4.69, 9.17) is 23.2 Å². The van der Waals surface area contributed by atoms with Crippen molar-refractivity contribution in [3.63, 3.8) is 0 Å². The van der Waals surface area contributed by atoms with Gasteiger partial charge in [0, 0.05) is 12.6 Å². The standard InChI is InChI=1S/C30H35Cl2N3O4S/c1-5-22(4)33-30(37)28(6-2)34(19-23-12-10-11-21(3)17-23)29(36)20-35(24-15-16-26(31)27(32)18-24)40(38,39)25-13-8-7-9-14-25/h7-18,22,28H,5-6,19-20H2,1-4H3,(H,33,37)/t22-,28-/m0/s1. The molecular weight excluding hydrogens is 569 g/mol. The summed E-state index contributed by atoms with van der Waals surface area (Å²) in [5.74, 6) is -0.817. The van der Waals surface area contributed by atoms with Gasteiger partial charge in [-0.05, 0) is 62.6 Å². The van der Waals surface area contributed by atoms with Gasteiger partial charge in [-0.3, -0.25) is 13.9 Å². The predicted molar refractivity (Wildman–Crippen MR) is 161 cm³/mol. The second-order valence-corrected chi connectivity index (χ2v) is 12.4. The zero-order chi connectivity index (χ0) is 29.4. The number of aryl methyl sites for hydroxylation is 1. The fourth-order valence-corrected chi connectivity index (χ4v) is 5.98. The Bertz CT molecular complexity index is 1430.